The number of rotatable bonds is 11. The number of aryl methyl sites for hydroxylation is 1. The van der Waals surface area contributed by atoms with Gasteiger partial charge in [-0.3, -0.25) is 14.9 Å². The van der Waals surface area contributed by atoms with E-state index in [1.165, 1.54) is 16.8 Å². The Bertz CT molecular complexity index is 1950. The monoisotopic (exact) mass is 607 g/mol. The summed E-state index contributed by atoms with van der Waals surface area (Å²) in [5.74, 6) is 2.34. The minimum atomic E-state index is -0.529. The molecule has 5 rings (SSSR count). The van der Waals surface area contributed by atoms with Crippen molar-refractivity contribution in [1.82, 2.24) is 14.6 Å². The van der Waals surface area contributed by atoms with Crippen molar-refractivity contribution in [3.05, 3.63) is 110 Å². The molecule has 0 radical (unpaired) electrons. The Kier molecular flexibility index (Phi) is 9.17. The Labute approximate surface area is 259 Å². The zero-order valence-corrected chi connectivity index (χ0v) is 25.7. The smallest absolute Gasteiger partial charge is 0.287 e. The van der Waals surface area contributed by atoms with E-state index in [1.807, 2.05) is 45.0 Å². The van der Waals surface area contributed by atoms with Crippen molar-refractivity contribution in [2.75, 3.05) is 13.2 Å². The molecule has 0 atom stereocenters. The molecule has 0 amide bonds. The van der Waals surface area contributed by atoms with Gasteiger partial charge in [0.2, 0.25) is 5.88 Å². The molecule has 2 aromatic heterocycles. The molecular formula is C34H33N5O6. The molecule has 45 heavy (non-hydrogen) atoms. The van der Waals surface area contributed by atoms with Gasteiger partial charge in [-0.05, 0) is 85.8 Å². The van der Waals surface area contributed by atoms with Crippen LogP contribution in [0, 0.1) is 17.0 Å². The number of hydrogen-bond donors (Lipinski definition) is 0. The highest BCUT2D eigenvalue weighted by molar-refractivity contribution is 5.83. The van der Waals surface area contributed by atoms with E-state index in [0.29, 0.717) is 47.0 Å². The number of hydrogen-bond acceptors (Lipinski definition) is 9. The molecule has 0 spiro atoms. The quantitative estimate of drug-likeness (QED) is 0.0870. The van der Waals surface area contributed by atoms with Gasteiger partial charge in [-0.25, -0.2) is 9.97 Å². The number of pyridine rings is 1. The average Bonchev–Trinajstić information content (AvgIpc) is 3.02. The van der Waals surface area contributed by atoms with Crippen LogP contribution in [0.15, 0.2) is 82.8 Å². The topological polar surface area (TPSA) is 131 Å². The SMILES string of the molecule is CCOc1cc(C=Nn2c(-c3cc(C(C)C)c(OCC)cc3C)nc3ccccc3c2=O)ccc1Oc1ccc([N+](=O)[O-])cn1. The summed E-state index contributed by atoms with van der Waals surface area (Å²) in [6, 6.07) is 19.1. The van der Waals surface area contributed by atoms with Gasteiger partial charge >= 0.3 is 0 Å². The molecule has 0 fully saturated rings. The number of benzene rings is 3. The maximum Gasteiger partial charge on any atom is 0.287 e. The number of aromatic nitrogens is 3. The van der Waals surface area contributed by atoms with Crippen LogP contribution in [0.3, 0.4) is 0 Å². The predicted octanol–water partition coefficient (Wildman–Crippen LogP) is 7.27. The summed E-state index contributed by atoms with van der Waals surface area (Å²) in [4.78, 5) is 33.2. The molecule has 0 saturated heterocycles. The highest BCUT2D eigenvalue weighted by Crippen LogP contribution is 2.35. The molecule has 0 aliphatic heterocycles. The number of nitrogens with zero attached hydrogens (tertiary/aromatic N) is 5. The molecule has 230 valence electrons. The van der Waals surface area contributed by atoms with Gasteiger partial charge in [-0.1, -0.05) is 26.0 Å². The van der Waals surface area contributed by atoms with Gasteiger partial charge in [-0.2, -0.15) is 9.78 Å². The standard InChI is InChI=1S/C34H33N5O6/c1-6-43-30-16-22(5)27(18-26(30)21(3)4)33-37-28-11-9-8-10-25(28)34(40)38(33)36-19-23-12-14-29(31(17-23)44-7-2)45-32-15-13-24(20-35-32)39(41)42/h8-21H,6-7H2,1-5H3. The van der Waals surface area contributed by atoms with Crippen LogP contribution in [0.2, 0.25) is 0 Å². The van der Waals surface area contributed by atoms with E-state index >= 15 is 0 Å². The van der Waals surface area contributed by atoms with Gasteiger partial charge in [0.1, 0.15) is 11.9 Å². The van der Waals surface area contributed by atoms with Gasteiger partial charge in [0.25, 0.3) is 11.2 Å². The van der Waals surface area contributed by atoms with Gasteiger partial charge in [0.15, 0.2) is 17.3 Å². The van der Waals surface area contributed by atoms with E-state index in [0.717, 1.165) is 28.6 Å². The van der Waals surface area contributed by atoms with Crippen molar-refractivity contribution >= 4 is 22.8 Å². The Hall–Kier alpha value is -5.58. The van der Waals surface area contributed by atoms with Crippen LogP contribution < -0.4 is 19.8 Å². The van der Waals surface area contributed by atoms with Gasteiger partial charge in [0, 0.05) is 17.7 Å². The highest BCUT2D eigenvalue weighted by atomic mass is 16.6. The van der Waals surface area contributed by atoms with Crippen LogP contribution in [0.1, 0.15) is 50.3 Å². The molecule has 0 saturated carbocycles. The minimum absolute atomic E-state index is 0.141. The molecular weight excluding hydrogens is 574 g/mol. The number of fused-ring (bicyclic) bond motifs is 1. The maximum absolute atomic E-state index is 13.8. The first kappa shape index (κ1) is 30.9. The van der Waals surface area contributed by atoms with Crippen molar-refractivity contribution in [3.63, 3.8) is 0 Å². The van der Waals surface area contributed by atoms with Crippen molar-refractivity contribution in [2.45, 2.75) is 40.5 Å². The number of para-hydroxylation sites is 1. The lowest BCUT2D eigenvalue weighted by molar-refractivity contribution is -0.385. The zero-order valence-electron chi connectivity index (χ0n) is 25.7. The second kappa shape index (κ2) is 13.4. The lowest BCUT2D eigenvalue weighted by Gasteiger charge is -2.18. The summed E-state index contributed by atoms with van der Waals surface area (Å²) in [5, 5.41) is 16.0. The molecule has 0 bridgehead atoms. The van der Waals surface area contributed by atoms with Gasteiger partial charge < -0.3 is 14.2 Å². The lowest BCUT2D eigenvalue weighted by atomic mass is 9.96. The summed E-state index contributed by atoms with van der Waals surface area (Å²) in [7, 11) is 0. The third-order valence-corrected chi connectivity index (χ3v) is 7.01. The summed E-state index contributed by atoms with van der Waals surface area (Å²) in [5.41, 5.74) is 3.45. The Morgan fingerprint density at radius 3 is 2.42 bits per heavy atom. The Morgan fingerprint density at radius 2 is 1.73 bits per heavy atom. The van der Waals surface area contributed by atoms with Crippen LogP contribution >= 0.6 is 0 Å². The number of ether oxygens (including phenoxy) is 3. The van der Waals surface area contributed by atoms with Crippen LogP contribution in [0.25, 0.3) is 22.3 Å². The van der Waals surface area contributed by atoms with Gasteiger partial charge in [0.05, 0.1) is 35.3 Å². The molecule has 2 heterocycles. The van der Waals surface area contributed by atoms with Crippen molar-refractivity contribution in [1.29, 1.82) is 0 Å². The third-order valence-electron chi connectivity index (χ3n) is 7.01. The molecule has 11 heteroatoms. The molecule has 5 aromatic rings. The van der Waals surface area contributed by atoms with Gasteiger partial charge in [-0.15, -0.1) is 0 Å². The first-order chi connectivity index (χ1) is 21.7. The fourth-order valence-electron chi connectivity index (χ4n) is 4.81. The Balaban J connectivity index is 1.58. The van der Waals surface area contributed by atoms with Crippen LogP contribution in [0.5, 0.6) is 23.1 Å². The zero-order chi connectivity index (χ0) is 32.1. The van der Waals surface area contributed by atoms with E-state index in [-0.39, 0.29) is 23.0 Å². The molecule has 3 aromatic carbocycles. The minimum Gasteiger partial charge on any atom is -0.494 e. The van der Waals surface area contributed by atoms with E-state index in [1.54, 1.807) is 36.5 Å². The molecule has 0 aliphatic rings. The first-order valence-electron chi connectivity index (χ1n) is 14.6. The summed E-state index contributed by atoms with van der Waals surface area (Å²) >= 11 is 0. The molecule has 0 unspecified atom stereocenters. The Morgan fingerprint density at radius 1 is 0.978 bits per heavy atom. The normalized spacial score (nSPS) is 11.3. The van der Waals surface area contributed by atoms with E-state index in [2.05, 4.69) is 23.9 Å². The van der Waals surface area contributed by atoms with Crippen LogP contribution in [0.4, 0.5) is 5.69 Å². The maximum atomic E-state index is 13.8. The third kappa shape index (κ3) is 6.67. The van der Waals surface area contributed by atoms with Crippen LogP contribution in [-0.4, -0.2) is 39.0 Å². The average molecular weight is 608 g/mol. The number of nitro groups is 1. The van der Waals surface area contributed by atoms with Crippen molar-refractivity contribution < 1.29 is 19.1 Å². The molecule has 11 nitrogen and oxygen atoms in total. The summed E-state index contributed by atoms with van der Waals surface area (Å²) in [6.07, 6.45) is 2.69. The lowest BCUT2D eigenvalue weighted by Crippen LogP contribution is -2.21. The fourth-order valence-corrected chi connectivity index (χ4v) is 4.81. The van der Waals surface area contributed by atoms with Crippen LogP contribution in [-0.2, 0) is 0 Å². The second-order valence-electron chi connectivity index (χ2n) is 10.5. The summed E-state index contributed by atoms with van der Waals surface area (Å²) < 4.78 is 18.9. The first-order valence-corrected chi connectivity index (χ1v) is 14.6. The molecule has 0 aliphatic carbocycles. The second-order valence-corrected chi connectivity index (χ2v) is 10.5. The summed E-state index contributed by atoms with van der Waals surface area (Å²) in [6.45, 7) is 10.8. The van der Waals surface area contributed by atoms with E-state index in [4.69, 9.17) is 19.2 Å². The largest absolute Gasteiger partial charge is 0.494 e. The van der Waals surface area contributed by atoms with Crippen molar-refractivity contribution in [2.24, 2.45) is 5.10 Å². The van der Waals surface area contributed by atoms with Crippen molar-refractivity contribution in [3.8, 4) is 34.5 Å². The fraction of sp³-hybridized carbons (Fsp3) is 0.235. The van der Waals surface area contributed by atoms with E-state index < -0.39 is 4.92 Å². The molecule has 0 N–H and O–H groups in total. The van der Waals surface area contributed by atoms with E-state index in [9.17, 15) is 14.9 Å². The predicted molar refractivity (Wildman–Crippen MR) is 173 cm³/mol. The highest BCUT2D eigenvalue weighted by Gasteiger charge is 2.19.